The molecule has 0 bridgehead atoms. The Morgan fingerprint density at radius 2 is 2.47 bits per heavy atom. The first-order valence-corrected chi connectivity index (χ1v) is 5.81. The van der Waals surface area contributed by atoms with Gasteiger partial charge in [-0.1, -0.05) is 0 Å². The highest BCUT2D eigenvalue weighted by atomic mass is 32.1. The highest BCUT2D eigenvalue weighted by molar-refractivity contribution is 7.12. The van der Waals surface area contributed by atoms with Gasteiger partial charge in [-0.25, -0.2) is 4.98 Å². The Kier molecular flexibility index (Phi) is 3.38. The van der Waals surface area contributed by atoms with Gasteiger partial charge in [-0.15, -0.1) is 11.3 Å². The zero-order valence-electron chi connectivity index (χ0n) is 9.51. The van der Waals surface area contributed by atoms with Gasteiger partial charge < -0.3 is 9.64 Å². The summed E-state index contributed by atoms with van der Waals surface area (Å²) in [5.41, 5.74) is 0. The van der Waals surface area contributed by atoms with Gasteiger partial charge in [-0.05, 0) is 0 Å². The van der Waals surface area contributed by atoms with Gasteiger partial charge in [0.15, 0.2) is 0 Å². The average Bonchev–Trinajstić information content (AvgIpc) is 2.98. The molecule has 17 heavy (non-hydrogen) atoms. The lowest BCUT2D eigenvalue weighted by atomic mass is 10.4. The van der Waals surface area contributed by atoms with Crippen LogP contribution in [0.3, 0.4) is 0 Å². The van der Waals surface area contributed by atoms with Crippen molar-refractivity contribution in [2.75, 3.05) is 14.2 Å². The summed E-state index contributed by atoms with van der Waals surface area (Å²) in [6, 6.07) is 1.73. The normalized spacial score (nSPS) is 10.2. The second kappa shape index (κ2) is 4.96. The lowest BCUT2D eigenvalue weighted by molar-refractivity contribution is 0.0786. The van der Waals surface area contributed by atoms with Crippen molar-refractivity contribution in [2.45, 2.75) is 6.54 Å². The lowest BCUT2D eigenvalue weighted by Crippen LogP contribution is -2.25. The van der Waals surface area contributed by atoms with Crippen molar-refractivity contribution < 1.29 is 9.53 Å². The van der Waals surface area contributed by atoms with Gasteiger partial charge >= 0.3 is 0 Å². The number of hydrogen-bond acceptors (Lipinski definition) is 5. The molecule has 2 aromatic rings. The fourth-order valence-corrected chi connectivity index (χ4v) is 2.18. The largest absolute Gasteiger partial charge is 0.496 e. The second-order valence-electron chi connectivity index (χ2n) is 3.44. The lowest BCUT2D eigenvalue weighted by Gasteiger charge is -2.13. The molecule has 0 aliphatic carbocycles. The second-order valence-corrected chi connectivity index (χ2v) is 4.36. The van der Waals surface area contributed by atoms with Crippen LogP contribution < -0.4 is 4.74 Å². The Labute approximate surface area is 102 Å². The van der Waals surface area contributed by atoms with Crippen LogP contribution in [0.25, 0.3) is 0 Å². The highest BCUT2D eigenvalue weighted by Crippen LogP contribution is 2.22. The topological polar surface area (TPSA) is 71.1 Å². The van der Waals surface area contributed by atoms with Crippen molar-refractivity contribution in [3.8, 4) is 5.75 Å². The van der Waals surface area contributed by atoms with E-state index in [0.29, 0.717) is 23.0 Å². The molecular formula is C10H12N4O2S. The molecule has 0 aliphatic rings. The summed E-state index contributed by atoms with van der Waals surface area (Å²) in [6.45, 7) is 0.402. The number of carbonyl (C=O) groups excluding carboxylic acids is 1. The Hall–Kier alpha value is -1.89. The van der Waals surface area contributed by atoms with E-state index < -0.39 is 0 Å². The van der Waals surface area contributed by atoms with E-state index in [4.69, 9.17) is 4.74 Å². The number of methoxy groups -OCH3 is 1. The number of aromatic amines is 1. The Balaban J connectivity index is 2.04. The van der Waals surface area contributed by atoms with Crippen molar-refractivity contribution >= 4 is 17.2 Å². The molecule has 0 aromatic carbocycles. The van der Waals surface area contributed by atoms with Crippen molar-refractivity contribution in [3.63, 3.8) is 0 Å². The molecule has 2 rings (SSSR count). The van der Waals surface area contributed by atoms with Gasteiger partial charge in [0, 0.05) is 18.5 Å². The predicted molar refractivity (Wildman–Crippen MR) is 63.1 cm³/mol. The number of H-pyrrole nitrogens is 1. The van der Waals surface area contributed by atoms with Crippen molar-refractivity contribution in [3.05, 3.63) is 28.5 Å². The molecule has 7 heteroatoms. The summed E-state index contributed by atoms with van der Waals surface area (Å²) in [6.07, 6.45) is 1.42. The Morgan fingerprint density at radius 1 is 1.65 bits per heavy atom. The number of nitrogens with one attached hydrogen (secondary N) is 1. The van der Waals surface area contributed by atoms with Crippen LogP contribution in [-0.2, 0) is 6.54 Å². The van der Waals surface area contributed by atoms with E-state index >= 15 is 0 Å². The number of amides is 1. The Morgan fingerprint density at radius 3 is 3.06 bits per heavy atom. The minimum absolute atomic E-state index is 0.0605. The minimum Gasteiger partial charge on any atom is -0.496 e. The number of hydrogen-bond donors (Lipinski definition) is 1. The SMILES string of the molecule is COc1csc(C(=O)N(C)Cc2ncn[nH]2)c1. The molecule has 0 spiro atoms. The molecule has 1 N–H and O–H groups in total. The van der Waals surface area contributed by atoms with Crippen LogP contribution in [0.4, 0.5) is 0 Å². The summed E-state index contributed by atoms with van der Waals surface area (Å²) in [4.78, 5) is 18.2. The number of nitrogens with zero attached hydrogens (tertiary/aromatic N) is 3. The first-order valence-electron chi connectivity index (χ1n) is 4.93. The van der Waals surface area contributed by atoms with Gasteiger partial charge in [0.2, 0.25) is 0 Å². The molecule has 0 unspecified atom stereocenters. The molecule has 0 aliphatic heterocycles. The third-order valence-corrected chi connectivity index (χ3v) is 3.12. The van der Waals surface area contributed by atoms with Crippen molar-refractivity contribution in [1.29, 1.82) is 0 Å². The maximum atomic E-state index is 12.0. The smallest absolute Gasteiger partial charge is 0.264 e. The van der Waals surface area contributed by atoms with Crippen LogP contribution in [-0.4, -0.2) is 40.1 Å². The average molecular weight is 252 g/mol. The van der Waals surface area contributed by atoms with E-state index in [0.717, 1.165) is 0 Å². The molecule has 1 amide bonds. The van der Waals surface area contributed by atoms with Crippen molar-refractivity contribution in [1.82, 2.24) is 20.1 Å². The van der Waals surface area contributed by atoms with Crippen LogP contribution in [0, 0.1) is 0 Å². The van der Waals surface area contributed by atoms with Gasteiger partial charge in [0.1, 0.15) is 17.9 Å². The molecule has 0 radical (unpaired) electrons. The molecule has 0 atom stereocenters. The third kappa shape index (κ3) is 2.62. The summed E-state index contributed by atoms with van der Waals surface area (Å²) < 4.78 is 5.04. The first-order chi connectivity index (χ1) is 8.20. The number of ether oxygens (including phenoxy) is 1. The standard InChI is InChI=1S/C10H12N4O2S/c1-14(4-9-11-6-12-13-9)10(15)8-3-7(16-2)5-17-8/h3,5-6H,4H2,1-2H3,(H,11,12,13). The zero-order chi connectivity index (χ0) is 12.3. The first kappa shape index (κ1) is 11.6. The maximum absolute atomic E-state index is 12.0. The summed E-state index contributed by atoms with van der Waals surface area (Å²) >= 11 is 1.36. The number of aromatic nitrogens is 3. The molecule has 0 fully saturated rings. The minimum atomic E-state index is -0.0605. The molecule has 6 nitrogen and oxygen atoms in total. The van der Waals surface area contributed by atoms with Crippen molar-refractivity contribution in [2.24, 2.45) is 0 Å². The van der Waals surface area contributed by atoms with Gasteiger partial charge in [-0.2, -0.15) is 5.10 Å². The van der Waals surface area contributed by atoms with Gasteiger partial charge in [0.25, 0.3) is 5.91 Å². The van der Waals surface area contributed by atoms with E-state index in [9.17, 15) is 4.79 Å². The molecule has 0 saturated heterocycles. The number of rotatable bonds is 4. The van der Waals surface area contributed by atoms with Crippen LogP contribution in [0.15, 0.2) is 17.8 Å². The van der Waals surface area contributed by atoms with Crippen LogP contribution in [0.5, 0.6) is 5.75 Å². The van der Waals surface area contributed by atoms with Gasteiger partial charge in [-0.3, -0.25) is 9.89 Å². The van der Waals surface area contributed by atoms with E-state index in [1.54, 1.807) is 30.5 Å². The third-order valence-electron chi connectivity index (χ3n) is 2.22. The molecular weight excluding hydrogens is 240 g/mol. The van der Waals surface area contributed by atoms with E-state index in [-0.39, 0.29) is 5.91 Å². The summed E-state index contributed by atoms with van der Waals surface area (Å²) in [5.74, 6) is 1.30. The fourth-order valence-electron chi connectivity index (χ4n) is 1.33. The summed E-state index contributed by atoms with van der Waals surface area (Å²) in [5, 5.41) is 8.25. The zero-order valence-corrected chi connectivity index (χ0v) is 10.3. The highest BCUT2D eigenvalue weighted by Gasteiger charge is 2.15. The molecule has 2 aromatic heterocycles. The summed E-state index contributed by atoms with van der Waals surface area (Å²) in [7, 11) is 3.30. The molecule has 0 saturated carbocycles. The van der Waals surface area contributed by atoms with E-state index in [1.165, 1.54) is 17.7 Å². The molecule has 90 valence electrons. The van der Waals surface area contributed by atoms with E-state index in [1.807, 2.05) is 0 Å². The molecule has 2 heterocycles. The van der Waals surface area contributed by atoms with Crippen LogP contribution in [0.1, 0.15) is 15.5 Å². The quantitative estimate of drug-likeness (QED) is 0.886. The maximum Gasteiger partial charge on any atom is 0.264 e. The van der Waals surface area contributed by atoms with Crippen LogP contribution in [0.2, 0.25) is 0 Å². The van der Waals surface area contributed by atoms with E-state index in [2.05, 4.69) is 15.2 Å². The number of thiophene rings is 1. The van der Waals surface area contributed by atoms with Crippen LogP contribution >= 0.6 is 11.3 Å². The Bertz CT molecular complexity index is 494. The number of carbonyl (C=O) groups is 1. The predicted octanol–water partition coefficient (Wildman–Crippen LogP) is 1.15. The van der Waals surface area contributed by atoms with Gasteiger partial charge in [0.05, 0.1) is 18.5 Å². The monoisotopic (exact) mass is 252 g/mol. The fraction of sp³-hybridized carbons (Fsp3) is 0.300.